The molecule has 0 aliphatic rings. The first-order chi connectivity index (χ1) is 8.25. The number of hydrogen-bond donors (Lipinski definition) is 1. The zero-order valence-corrected chi connectivity index (χ0v) is 11.6. The van der Waals surface area contributed by atoms with Crippen molar-refractivity contribution in [3.8, 4) is 0 Å². The molecule has 0 bridgehead atoms. The van der Waals surface area contributed by atoms with Gasteiger partial charge in [0.05, 0.1) is 5.25 Å². The molecular formula is C12H18N2O3S. The monoisotopic (exact) mass is 270 g/mol. The number of primary amides is 1. The molecule has 1 aromatic carbocycles. The van der Waals surface area contributed by atoms with Gasteiger partial charge in [0.25, 0.3) is 0 Å². The summed E-state index contributed by atoms with van der Waals surface area (Å²) >= 11 is 0. The lowest BCUT2D eigenvalue weighted by atomic mass is 10.1. The highest BCUT2D eigenvalue weighted by atomic mass is 32.2. The number of sulfonamides is 1. The maximum atomic E-state index is 11.9. The molecule has 0 saturated heterocycles. The maximum absolute atomic E-state index is 11.9. The molecule has 2 N–H and O–H groups in total. The summed E-state index contributed by atoms with van der Waals surface area (Å²) in [5, 5.41) is -0.451. The predicted molar refractivity (Wildman–Crippen MR) is 70.5 cm³/mol. The molecule has 1 amide bonds. The van der Waals surface area contributed by atoms with E-state index < -0.39 is 21.2 Å². The third-order valence-corrected chi connectivity index (χ3v) is 4.86. The normalized spacial score (nSPS) is 12.1. The van der Waals surface area contributed by atoms with Crippen LogP contribution in [0.4, 0.5) is 0 Å². The summed E-state index contributed by atoms with van der Waals surface area (Å²) in [6.45, 7) is 3.56. The molecule has 0 aromatic heterocycles. The first-order valence-electron chi connectivity index (χ1n) is 5.59. The van der Waals surface area contributed by atoms with E-state index >= 15 is 0 Å². The van der Waals surface area contributed by atoms with E-state index in [2.05, 4.69) is 0 Å². The SMILES string of the molecule is CC(C)S(=O)(=O)N(C)Cc1ccc(C(N)=O)cc1. The Morgan fingerprint density at radius 2 is 1.78 bits per heavy atom. The van der Waals surface area contributed by atoms with Gasteiger partial charge >= 0.3 is 0 Å². The molecule has 0 atom stereocenters. The van der Waals surface area contributed by atoms with Gasteiger partial charge in [-0.2, -0.15) is 0 Å². The van der Waals surface area contributed by atoms with E-state index in [-0.39, 0.29) is 6.54 Å². The number of amides is 1. The second kappa shape index (κ2) is 5.49. The highest BCUT2D eigenvalue weighted by Crippen LogP contribution is 2.12. The molecule has 0 heterocycles. The first kappa shape index (κ1) is 14.7. The van der Waals surface area contributed by atoms with Crippen molar-refractivity contribution in [3.05, 3.63) is 35.4 Å². The van der Waals surface area contributed by atoms with Crippen LogP contribution in [0, 0.1) is 0 Å². The maximum Gasteiger partial charge on any atom is 0.248 e. The quantitative estimate of drug-likeness (QED) is 0.865. The summed E-state index contributed by atoms with van der Waals surface area (Å²) in [4.78, 5) is 10.9. The lowest BCUT2D eigenvalue weighted by molar-refractivity contribution is 0.100. The number of nitrogens with zero attached hydrogens (tertiary/aromatic N) is 1. The smallest absolute Gasteiger partial charge is 0.248 e. The summed E-state index contributed by atoms with van der Waals surface area (Å²) in [6.07, 6.45) is 0. The Labute approximate surface area is 108 Å². The number of hydrogen-bond acceptors (Lipinski definition) is 3. The molecule has 18 heavy (non-hydrogen) atoms. The molecule has 0 fully saturated rings. The van der Waals surface area contributed by atoms with E-state index in [1.54, 1.807) is 38.1 Å². The fourth-order valence-electron chi connectivity index (χ4n) is 1.48. The van der Waals surface area contributed by atoms with Gasteiger partial charge in [0.2, 0.25) is 15.9 Å². The average Bonchev–Trinajstić information content (AvgIpc) is 2.29. The van der Waals surface area contributed by atoms with Gasteiger partial charge in [-0.1, -0.05) is 12.1 Å². The van der Waals surface area contributed by atoms with E-state index in [0.717, 1.165) is 5.56 Å². The minimum absolute atomic E-state index is 0.277. The Morgan fingerprint density at radius 1 is 1.28 bits per heavy atom. The summed E-state index contributed by atoms with van der Waals surface area (Å²) in [7, 11) is -1.72. The zero-order valence-electron chi connectivity index (χ0n) is 10.8. The molecule has 5 nitrogen and oxygen atoms in total. The minimum atomic E-state index is -3.26. The highest BCUT2D eigenvalue weighted by Gasteiger charge is 2.21. The molecule has 100 valence electrons. The van der Waals surface area contributed by atoms with Gasteiger partial charge in [-0.3, -0.25) is 4.79 Å². The fourth-order valence-corrected chi connectivity index (χ4v) is 2.53. The summed E-state index contributed by atoms with van der Waals surface area (Å²) in [6, 6.07) is 6.58. The van der Waals surface area contributed by atoms with Crippen LogP contribution in [0.2, 0.25) is 0 Å². The lowest BCUT2D eigenvalue weighted by Crippen LogP contribution is -2.32. The number of carbonyl (C=O) groups excluding carboxylic acids is 1. The second-order valence-corrected chi connectivity index (χ2v) is 7.01. The third kappa shape index (κ3) is 3.30. The fraction of sp³-hybridized carbons (Fsp3) is 0.417. The van der Waals surface area contributed by atoms with Crippen LogP contribution >= 0.6 is 0 Å². The van der Waals surface area contributed by atoms with Crippen LogP contribution in [0.3, 0.4) is 0 Å². The molecule has 0 radical (unpaired) electrons. The molecule has 0 spiro atoms. The summed E-state index contributed by atoms with van der Waals surface area (Å²) in [5.41, 5.74) is 6.35. The van der Waals surface area contributed by atoms with Crippen LogP contribution in [0.5, 0.6) is 0 Å². The first-order valence-corrected chi connectivity index (χ1v) is 7.09. The molecular weight excluding hydrogens is 252 g/mol. The van der Waals surface area contributed by atoms with Crippen LogP contribution in [0.1, 0.15) is 29.8 Å². The van der Waals surface area contributed by atoms with Crippen LogP contribution < -0.4 is 5.73 Å². The van der Waals surface area contributed by atoms with Gasteiger partial charge in [-0.25, -0.2) is 12.7 Å². The van der Waals surface area contributed by atoms with Crippen LogP contribution in [0.15, 0.2) is 24.3 Å². The Morgan fingerprint density at radius 3 is 2.17 bits per heavy atom. The van der Waals surface area contributed by atoms with Crippen LogP contribution in [-0.4, -0.2) is 30.9 Å². The van der Waals surface area contributed by atoms with Crippen LogP contribution in [0.25, 0.3) is 0 Å². The topological polar surface area (TPSA) is 80.5 Å². The molecule has 0 aliphatic heterocycles. The lowest BCUT2D eigenvalue weighted by Gasteiger charge is -2.19. The van der Waals surface area contributed by atoms with Crippen molar-refractivity contribution in [1.82, 2.24) is 4.31 Å². The molecule has 1 rings (SSSR count). The third-order valence-electron chi connectivity index (χ3n) is 2.67. The number of rotatable bonds is 5. The van der Waals surface area contributed by atoms with Crippen molar-refractivity contribution in [2.75, 3.05) is 7.05 Å². The second-order valence-electron chi connectivity index (χ2n) is 4.41. The summed E-state index contributed by atoms with van der Waals surface area (Å²) in [5.74, 6) is -0.496. The molecule has 0 unspecified atom stereocenters. The molecule has 1 aromatic rings. The van der Waals surface area contributed by atoms with Crippen molar-refractivity contribution < 1.29 is 13.2 Å². The van der Waals surface area contributed by atoms with Crippen molar-refractivity contribution in [1.29, 1.82) is 0 Å². The molecule has 0 aliphatic carbocycles. The van der Waals surface area contributed by atoms with Crippen molar-refractivity contribution >= 4 is 15.9 Å². The highest BCUT2D eigenvalue weighted by molar-refractivity contribution is 7.89. The molecule has 0 saturated carbocycles. The van der Waals surface area contributed by atoms with Gasteiger partial charge < -0.3 is 5.73 Å². The Kier molecular flexibility index (Phi) is 4.48. The molecule has 6 heteroatoms. The standard InChI is InChI=1S/C12H18N2O3S/c1-9(2)18(16,17)14(3)8-10-4-6-11(7-5-10)12(13)15/h4-7,9H,8H2,1-3H3,(H2,13,15). The van der Waals surface area contributed by atoms with Gasteiger partial charge in [0.15, 0.2) is 0 Å². The van der Waals surface area contributed by atoms with Gasteiger partial charge in [-0.15, -0.1) is 0 Å². The Balaban J connectivity index is 2.83. The zero-order chi connectivity index (χ0) is 13.9. The van der Waals surface area contributed by atoms with E-state index in [9.17, 15) is 13.2 Å². The van der Waals surface area contributed by atoms with E-state index in [1.165, 1.54) is 11.4 Å². The largest absolute Gasteiger partial charge is 0.366 e. The van der Waals surface area contributed by atoms with Gasteiger partial charge in [-0.05, 0) is 31.5 Å². The van der Waals surface area contributed by atoms with E-state index in [4.69, 9.17) is 5.73 Å². The summed E-state index contributed by atoms with van der Waals surface area (Å²) < 4.78 is 25.0. The van der Waals surface area contributed by atoms with Crippen molar-refractivity contribution in [2.45, 2.75) is 25.6 Å². The van der Waals surface area contributed by atoms with Gasteiger partial charge in [0, 0.05) is 19.2 Å². The minimum Gasteiger partial charge on any atom is -0.366 e. The van der Waals surface area contributed by atoms with Crippen molar-refractivity contribution in [3.63, 3.8) is 0 Å². The average molecular weight is 270 g/mol. The van der Waals surface area contributed by atoms with E-state index in [1.807, 2.05) is 0 Å². The number of nitrogens with two attached hydrogens (primary N) is 1. The number of carbonyl (C=O) groups is 1. The van der Waals surface area contributed by atoms with Crippen LogP contribution in [-0.2, 0) is 16.6 Å². The predicted octanol–water partition coefficient (Wildman–Crippen LogP) is 0.955. The van der Waals surface area contributed by atoms with Crippen molar-refractivity contribution in [2.24, 2.45) is 5.73 Å². The Hall–Kier alpha value is -1.40. The number of benzene rings is 1. The Bertz CT molecular complexity index is 521. The van der Waals surface area contributed by atoms with E-state index in [0.29, 0.717) is 5.56 Å². The van der Waals surface area contributed by atoms with Gasteiger partial charge in [0.1, 0.15) is 0 Å².